The van der Waals surface area contributed by atoms with Crippen LogP contribution in [0.5, 0.6) is 0 Å². The number of fused-ring (bicyclic) bond motifs is 9. The summed E-state index contributed by atoms with van der Waals surface area (Å²) in [6, 6.07) is 62.9. The number of benzene rings is 9. The summed E-state index contributed by atoms with van der Waals surface area (Å²) in [6.07, 6.45) is 0. The Morgan fingerprint density at radius 3 is 1.14 bits per heavy atom. The van der Waals surface area contributed by atoms with E-state index in [1.165, 1.54) is 106 Å². The van der Waals surface area contributed by atoms with E-state index in [0.29, 0.717) is 0 Å². The zero-order chi connectivity index (χ0) is 32.8. The molecule has 232 valence electrons. The van der Waals surface area contributed by atoms with Crippen molar-refractivity contribution in [2.75, 3.05) is 0 Å². The van der Waals surface area contributed by atoms with Gasteiger partial charge < -0.3 is 0 Å². The molecule has 0 N–H and O–H groups in total. The predicted octanol–water partition coefficient (Wildman–Crippen LogP) is 14.9. The van der Waals surface area contributed by atoms with E-state index in [1.54, 1.807) is 0 Å². The van der Waals surface area contributed by atoms with Crippen molar-refractivity contribution in [1.82, 2.24) is 0 Å². The molecule has 0 aliphatic carbocycles. The van der Waals surface area contributed by atoms with Gasteiger partial charge in [0, 0.05) is 45.9 Å². The molecule has 0 aliphatic heterocycles. The van der Waals surface area contributed by atoms with Gasteiger partial charge in [0.15, 0.2) is 0 Å². The Kier molecular flexibility index (Phi) is 6.09. The fraction of sp³-hybridized carbons (Fsp3) is 0. The van der Waals surface area contributed by atoms with E-state index in [1.807, 2.05) is 22.7 Å². The molecule has 50 heavy (non-hydrogen) atoms. The minimum atomic E-state index is 1.25. The highest BCUT2D eigenvalue weighted by Crippen LogP contribution is 2.52. The summed E-state index contributed by atoms with van der Waals surface area (Å²) in [6.45, 7) is 0. The summed E-state index contributed by atoms with van der Waals surface area (Å²) in [7, 11) is 0. The fourth-order valence-electron chi connectivity index (χ4n) is 8.35. The van der Waals surface area contributed by atoms with Gasteiger partial charge in [0.25, 0.3) is 0 Å². The molecule has 0 aliphatic rings. The molecular weight excluding hydrogens is 641 g/mol. The van der Waals surface area contributed by atoms with Gasteiger partial charge in [0.2, 0.25) is 0 Å². The molecule has 2 heteroatoms. The third-order valence-corrected chi connectivity index (χ3v) is 12.9. The molecule has 11 aromatic rings. The Bertz CT molecular complexity index is 3000. The topological polar surface area (TPSA) is 0 Å². The van der Waals surface area contributed by atoms with Crippen molar-refractivity contribution in [3.05, 3.63) is 170 Å². The second-order valence-corrected chi connectivity index (χ2v) is 15.2. The molecule has 2 aromatic heterocycles. The SMILES string of the molecule is c1ccc(-c2c3ccccc3c(-c3ccc(-c4c5sc6ccccc6c5cc5c4sc4ccccc45)c4ccccc34)c3ccccc23)cc1. The molecule has 0 spiro atoms. The zero-order valence-electron chi connectivity index (χ0n) is 27.0. The van der Waals surface area contributed by atoms with Crippen molar-refractivity contribution in [1.29, 1.82) is 0 Å². The van der Waals surface area contributed by atoms with Crippen molar-refractivity contribution < 1.29 is 0 Å². The Morgan fingerprint density at radius 1 is 0.260 bits per heavy atom. The highest BCUT2D eigenvalue weighted by atomic mass is 32.1. The van der Waals surface area contributed by atoms with Gasteiger partial charge in [0.1, 0.15) is 0 Å². The first-order chi connectivity index (χ1) is 24.8. The Morgan fingerprint density at radius 2 is 0.640 bits per heavy atom. The summed E-state index contributed by atoms with van der Waals surface area (Å²) in [5.74, 6) is 0. The molecule has 0 nitrogen and oxygen atoms in total. The first-order valence-electron chi connectivity index (χ1n) is 17.1. The standard InChI is InChI=1S/C48H28S2/c1-2-14-29(15-3-1)44-34-20-6-8-22-36(34)45(37-23-9-7-21-35(37)44)38-26-27-39(31-17-5-4-16-30(31)38)46-47-40(32-18-10-12-24-42(32)49-47)28-41-33-19-11-13-25-43(33)50-48(41)46/h1-28H. The number of hydrogen-bond donors (Lipinski definition) is 0. The molecule has 11 rings (SSSR count). The van der Waals surface area contributed by atoms with Gasteiger partial charge in [-0.05, 0) is 78.3 Å². The van der Waals surface area contributed by atoms with Crippen molar-refractivity contribution >= 4 is 95.3 Å². The maximum Gasteiger partial charge on any atom is 0.0448 e. The van der Waals surface area contributed by atoms with E-state index in [4.69, 9.17) is 0 Å². The fourth-order valence-corrected chi connectivity index (χ4v) is 10.9. The van der Waals surface area contributed by atoms with E-state index in [-0.39, 0.29) is 0 Å². The quantitative estimate of drug-likeness (QED) is 0.164. The summed E-state index contributed by atoms with van der Waals surface area (Å²) in [4.78, 5) is 0. The lowest BCUT2D eigenvalue weighted by Crippen LogP contribution is -1.92. The van der Waals surface area contributed by atoms with Crippen molar-refractivity contribution in [2.24, 2.45) is 0 Å². The Labute approximate surface area is 297 Å². The largest absolute Gasteiger partial charge is 0.134 e. The second kappa shape index (κ2) is 10.9. The molecule has 0 unspecified atom stereocenters. The average Bonchev–Trinajstić information content (AvgIpc) is 3.74. The molecule has 0 saturated carbocycles. The van der Waals surface area contributed by atoms with E-state index < -0.39 is 0 Å². The van der Waals surface area contributed by atoms with Crippen LogP contribution in [-0.2, 0) is 0 Å². The van der Waals surface area contributed by atoms with E-state index in [0.717, 1.165) is 0 Å². The maximum absolute atomic E-state index is 2.45. The summed E-state index contributed by atoms with van der Waals surface area (Å²) < 4.78 is 5.41. The van der Waals surface area contributed by atoms with E-state index >= 15 is 0 Å². The molecular formula is C48H28S2. The first-order valence-corrected chi connectivity index (χ1v) is 18.7. The summed E-state index contributed by atoms with van der Waals surface area (Å²) >= 11 is 3.85. The summed E-state index contributed by atoms with van der Waals surface area (Å²) in [5.41, 5.74) is 7.77. The highest BCUT2D eigenvalue weighted by molar-refractivity contribution is 7.29. The molecule has 0 radical (unpaired) electrons. The van der Waals surface area contributed by atoms with Crippen LogP contribution in [-0.4, -0.2) is 0 Å². The number of thiophene rings is 2. The Hall–Kier alpha value is -5.80. The van der Waals surface area contributed by atoms with Crippen LogP contribution in [0.1, 0.15) is 0 Å². The molecule has 0 fully saturated rings. The highest BCUT2D eigenvalue weighted by Gasteiger charge is 2.22. The molecule has 0 saturated heterocycles. The van der Waals surface area contributed by atoms with Crippen LogP contribution in [0.15, 0.2) is 170 Å². The number of hydrogen-bond acceptors (Lipinski definition) is 2. The van der Waals surface area contributed by atoms with Crippen LogP contribution in [0.3, 0.4) is 0 Å². The van der Waals surface area contributed by atoms with Crippen molar-refractivity contribution in [3.63, 3.8) is 0 Å². The molecule has 9 aromatic carbocycles. The van der Waals surface area contributed by atoms with Crippen molar-refractivity contribution in [3.8, 4) is 33.4 Å². The van der Waals surface area contributed by atoms with Crippen LogP contribution in [0.2, 0.25) is 0 Å². The summed E-state index contributed by atoms with van der Waals surface area (Å²) in [5, 5.41) is 13.0. The van der Waals surface area contributed by atoms with Gasteiger partial charge in [-0.2, -0.15) is 0 Å². The smallest absolute Gasteiger partial charge is 0.0448 e. The van der Waals surface area contributed by atoms with Crippen LogP contribution in [0, 0.1) is 0 Å². The Balaban J connectivity index is 1.27. The van der Waals surface area contributed by atoms with Gasteiger partial charge in [-0.25, -0.2) is 0 Å². The van der Waals surface area contributed by atoms with Gasteiger partial charge in [-0.1, -0.05) is 152 Å². The van der Waals surface area contributed by atoms with E-state index in [9.17, 15) is 0 Å². The number of rotatable bonds is 3. The van der Waals surface area contributed by atoms with Crippen molar-refractivity contribution in [2.45, 2.75) is 0 Å². The van der Waals surface area contributed by atoms with Crippen LogP contribution in [0.25, 0.3) is 106 Å². The maximum atomic E-state index is 2.45. The zero-order valence-corrected chi connectivity index (χ0v) is 28.6. The molecule has 2 heterocycles. The van der Waals surface area contributed by atoms with Gasteiger partial charge >= 0.3 is 0 Å². The third kappa shape index (κ3) is 3.98. The average molecular weight is 669 g/mol. The predicted molar refractivity (Wildman–Crippen MR) is 221 cm³/mol. The van der Waals surface area contributed by atoms with Crippen LogP contribution < -0.4 is 0 Å². The monoisotopic (exact) mass is 668 g/mol. The lowest BCUT2D eigenvalue weighted by atomic mass is 9.83. The molecule has 0 atom stereocenters. The lowest BCUT2D eigenvalue weighted by Gasteiger charge is -2.20. The van der Waals surface area contributed by atoms with E-state index in [2.05, 4.69) is 170 Å². The third-order valence-electron chi connectivity index (χ3n) is 10.5. The van der Waals surface area contributed by atoms with Gasteiger partial charge in [-0.3, -0.25) is 0 Å². The van der Waals surface area contributed by atoms with Gasteiger partial charge in [0.05, 0.1) is 0 Å². The minimum absolute atomic E-state index is 1.25. The van der Waals surface area contributed by atoms with Gasteiger partial charge in [-0.15, -0.1) is 22.7 Å². The van der Waals surface area contributed by atoms with Crippen LogP contribution >= 0.6 is 22.7 Å². The second-order valence-electron chi connectivity index (χ2n) is 13.1. The molecule has 0 amide bonds. The lowest BCUT2D eigenvalue weighted by molar-refractivity contribution is 1.66. The normalized spacial score (nSPS) is 12.0. The first kappa shape index (κ1) is 28.1. The molecule has 0 bridgehead atoms. The van der Waals surface area contributed by atoms with Crippen LogP contribution in [0.4, 0.5) is 0 Å². The minimum Gasteiger partial charge on any atom is -0.134 e.